The van der Waals surface area contributed by atoms with Gasteiger partial charge in [-0.05, 0) is 51.9 Å². The van der Waals surface area contributed by atoms with E-state index >= 15 is 0 Å². The molecule has 0 saturated heterocycles. The van der Waals surface area contributed by atoms with Gasteiger partial charge in [0.25, 0.3) is 0 Å². The molecular formula is C20H36N4O3. The molecule has 3 N–H and O–H groups in total. The van der Waals surface area contributed by atoms with Crippen molar-refractivity contribution in [2.75, 3.05) is 26.8 Å². The van der Waals surface area contributed by atoms with E-state index in [1.54, 1.807) is 7.05 Å². The minimum atomic E-state index is -0.331. The molecule has 0 aliphatic heterocycles. The Hall–Kier alpha value is -1.50. The molecule has 0 heterocycles. The number of nitrogens with one attached hydrogen (secondary N) is 3. The molecule has 0 radical (unpaired) electrons. The van der Waals surface area contributed by atoms with Gasteiger partial charge in [-0.25, -0.2) is 4.79 Å². The third-order valence-corrected chi connectivity index (χ3v) is 6.48. The van der Waals surface area contributed by atoms with Gasteiger partial charge in [0.2, 0.25) is 0 Å². The maximum Gasteiger partial charge on any atom is 0.407 e. The van der Waals surface area contributed by atoms with Crippen molar-refractivity contribution < 1.29 is 14.3 Å². The van der Waals surface area contributed by atoms with Crippen molar-refractivity contribution in [3.8, 4) is 0 Å². The van der Waals surface area contributed by atoms with Gasteiger partial charge in [-0.3, -0.25) is 4.99 Å². The molecule has 7 heteroatoms. The van der Waals surface area contributed by atoms with Gasteiger partial charge in [0.1, 0.15) is 0 Å². The lowest BCUT2D eigenvalue weighted by Gasteiger charge is -2.54. The summed E-state index contributed by atoms with van der Waals surface area (Å²) in [7, 11) is 1.81. The van der Waals surface area contributed by atoms with Gasteiger partial charge in [-0.1, -0.05) is 12.8 Å². The van der Waals surface area contributed by atoms with E-state index in [-0.39, 0.29) is 17.6 Å². The molecule has 154 valence electrons. The van der Waals surface area contributed by atoms with Crippen molar-refractivity contribution in [3.63, 3.8) is 0 Å². The van der Waals surface area contributed by atoms with E-state index in [2.05, 4.69) is 27.9 Å². The number of guanidine groups is 1. The first-order valence-corrected chi connectivity index (χ1v) is 10.6. The molecule has 1 amide bonds. The Morgan fingerprint density at radius 1 is 1.22 bits per heavy atom. The van der Waals surface area contributed by atoms with Crippen LogP contribution in [0.25, 0.3) is 0 Å². The molecule has 0 bridgehead atoms. The Bertz CT molecular complexity index is 529. The Labute approximate surface area is 163 Å². The summed E-state index contributed by atoms with van der Waals surface area (Å²) in [5, 5.41) is 10.0. The van der Waals surface area contributed by atoms with Crippen molar-refractivity contribution in [2.45, 2.75) is 77.0 Å². The first-order chi connectivity index (χ1) is 13.1. The van der Waals surface area contributed by atoms with Crippen LogP contribution in [0.2, 0.25) is 0 Å². The minimum absolute atomic E-state index is 0.0839. The van der Waals surface area contributed by atoms with Crippen LogP contribution in [0, 0.1) is 11.3 Å². The maximum absolute atomic E-state index is 11.8. The average Bonchev–Trinajstić information content (AvgIpc) is 3.36. The fourth-order valence-electron chi connectivity index (χ4n) is 4.81. The zero-order chi connectivity index (χ0) is 19.3. The van der Waals surface area contributed by atoms with E-state index in [0.717, 1.165) is 31.8 Å². The largest absolute Gasteiger partial charge is 0.450 e. The molecule has 3 aliphatic rings. The van der Waals surface area contributed by atoms with Crippen molar-refractivity contribution in [3.05, 3.63) is 0 Å². The molecular weight excluding hydrogens is 344 g/mol. The van der Waals surface area contributed by atoms with Crippen LogP contribution >= 0.6 is 0 Å². The first-order valence-electron chi connectivity index (χ1n) is 10.6. The molecule has 7 nitrogen and oxygen atoms in total. The van der Waals surface area contributed by atoms with Crippen molar-refractivity contribution in [2.24, 2.45) is 16.3 Å². The Morgan fingerprint density at radius 3 is 2.56 bits per heavy atom. The quantitative estimate of drug-likeness (QED) is 0.445. The Kier molecular flexibility index (Phi) is 6.84. The fourth-order valence-corrected chi connectivity index (χ4v) is 4.81. The lowest BCUT2D eigenvalue weighted by molar-refractivity contribution is -0.125. The van der Waals surface area contributed by atoms with E-state index < -0.39 is 0 Å². The SMILES string of the molecule is CCOC(=O)NC(CNC(=NC)NC1CC(OCC)C12CCCC2)C1CC1. The molecule has 3 saturated carbocycles. The number of nitrogens with zero attached hydrogens (tertiary/aromatic N) is 1. The van der Waals surface area contributed by atoms with Crippen LogP contribution in [0.3, 0.4) is 0 Å². The van der Waals surface area contributed by atoms with Crippen molar-refractivity contribution >= 4 is 12.1 Å². The van der Waals surface area contributed by atoms with Gasteiger partial charge in [-0.15, -0.1) is 0 Å². The summed E-state index contributed by atoms with van der Waals surface area (Å²) in [6, 6.07) is 0.501. The molecule has 3 atom stereocenters. The summed E-state index contributed by atoms with van der Waals surface area (Å²) in [6.45, 7) is 5.75. The highest BCUT2D eigenvalue weighted by molar-refractivity contribution is 5.80. The highest BCUT2D eigenvalue weighted by Crippen LogP contribution is 2.54. The van der Waals surface area contributed by atoms with Crippen LogP contribution in [0.5, 0.6) is 0 Å². The van der Waals surface area contributed by atoms with Crippen LogP contribution < -0.4 is 16.0 Å². The zero-order valence-corrected chi connectivity index (χ0v) is 17.1. The Balaban J connectivity index is 1.51. The zero-order valence-electron chi connectivity index (χ0n) is 17.1. The van der Waals surface area contributed by atoms with Gasteiger partial charge < -0.3 is 25.4 Å². The summed E-state index contributed by atoms with van der Waals surface area (Å²) in [4.78, 5) is 16.2. The third kappa shape index (κ3) is 4.68. The lowest BCUT2D eigenvalue weighted by atomic mass is 9.60. The number of carbonyl (C=O) groups is 1. The summed E-state index contributed by atoms with van der Waals surface area (Å²) >= 11 is 0. The average molecular weight is 381 g/mol. The molecule has 3 unspecified atom stereocenters. The van der Waals surface area contributed by atoms with Crippen LogP contribution in [-0.2, 0) is 9.47 Å². The number of ether oxygens (including phenoxy) is 2. The molecule has 3 rings (SSSR count). The van der Waals surface area contributed by atoms with Gasteiger partial charge >= 0.3 is 6.09 Å². The molecule has 1 spiro atoms. The third-order valence-electron chi connectivity index (χ3n) is 6.48. The van der Waals surface area contributed by atoms with E-state index in [4.69, 9.17) is 9.47 Å². The number of hydrogen-bond donors (Lipinski definition) is 3. The maximum atomic E-state index is 11.8. The van der Waals surface area contributed by atoms with Crippen LogP contribution in [-0.4, -0.2) is 57.0 Å². The highest BCUT2D eigenvalue weighted by Gasteiger charge is 2.57. The van der Waals surface area contributed by atoms with E-state index in [1.807, 2.05) is 6.92 Å². The van der Waals surface area contributed by atoms with E-state index in [0.29, 0.717) is 31.2 Å². The number of amides is 1. The standard InChI is InChI=1S/C20H36N4O3/c1-4-26-17-12-16(20(17)10-6-7-11-20)24-18(21-3)22-13-15(14-8-9-14)23-19(25)27-5-2/h14-17H,4-13H2,1-3H3,(H,23,25)(H2,21,22,24). The predicted octanol–water partition coefficient (Wildman–Crippen LogP) is 2.41. The van der Waals surface area contributed by atoms with Gasteiger partial charge in [-0.2, -0.15) is 0 Å². The van der Waals surface area contributed by atoms with Gasteiger partial charge in [0.15, 0.2) is 5.96 Å². The van der Waals surface area contributed by atoms with Crippen LogP contribution in [0.4, 0.5) is 4.79 Å². The van der Waals surface area contributed by atoms with E-state index in [9.17, 15) is 4.79 Å². The number of aliphatic imine (C=N–C) groups is 1. The smallest absolute Gasteiger partial charge is 0.407 e. The first kappa shape index (κ1) is 20.2. The second-order valence-corrected chi connectivity index (χ2v) is 8.08. The normalized spacial score (nSPS) is 27.7. The monoisotopic (exact) mass is 380 g/mol. The van der Waals surface area contributed by atoms with Crippen LogP contribution in [0.1, 0.15) is 58.8 Å². The molecule has 0 aromatic carbocycles. The van der Waals surface area contributed by atoms with Crippen molar-refractivity contribution in [1.29, 1.82) is 0 Å². The molecule has 3 fully saturated rings. The number of hydrogen-bond acceptors (Lipinski definition) is 4. The van der Waals surface area contributed by atoms with Crippen molar-refractivity contribution in [1.82, 2.24) is 16.0 Å². The summed E-state index contributed by atoms with van der Waals surface area (Å²) in [5.41, 5.74) is 0.271. The second-order valence-electron chi connectivity index (χ2n) is 8.08. The van der Waals surface area contributed by atoms with Gasteiger partial charge in [0, 0.05) is 31.7 Å². The second kappa shape index (κ2) is 9.13. The summed E-state index contributed by atoms with van der Waals surface area (Å²) in [5.74, 6) is 1.35. The topological polar surface area (TPSA) is 84.0 Å². The number of rotatable bonds is 8. The van der Waals surface area contributed by atoms with Gasteiger partial charge in [0.05, 0.1) is 18.8 Å². The predicted molar refractivity (Wildman–Crippen MR) is 106 cm³/mol. The Morgan fingerprint density at radius 2 is 1.96 bits per heavy atom. The molecule has 3 aliphatic carbocycles. The fraction of sp³-hybridized carbons (Fsp3) is 0.900. The minimum Gasteiger partial charge on any atom is -0.450 e. The molecule has 0 aromatic heterocycles. The molecule has 0 aromatic rings. The highest BCUT2D eigenvalue weighted by atomic mass is 16.5. The number of carbonyl (C=O) groups excluding carboxylic acids is 1. The lowest BCUT2D eigenvalue weighted by Crippen LogP contribution is -2.65. The number of alkyl carbamates (subject to hydrolysis) is 1. The molecule has 27 heavy (non-hydrogen) atoms. The summed E-state index contributed by atoms with van der Waals surface area (Å²) in [6.07, 6.45) is 8.47. The van der Waals surface area contributed by atoms with Crippen LogP contribution in [0.15, 0.2) is 4.99 Å². The van der Waals surface area contributed by atoms with E-state index in [1.165, 1.54) is 25.7 Å². The summed E-state index contributed by atoms with van der Waals surface area (Å²) < 4.78 is 11.0.